The van der Waals surface area contributed by atoms with Crippen LogP contribution in [0.5, 0.6) is 0 Å². The van der Waals surface area contributed by atoms with E-state index in [-0.39, 0.29) is 36.0 Å². The van der Waals surface area contributed by atoms with Crippen LogP contribution in [0.25, 0.3) is 0 Å². The smallest absolute Gasteiger partial charge is 0.323 e. The molecule has 6 heteroatoms. The van der Waals surface area contributed by atoms with E-state index in [9.17, 15) is 9.59 Å². The molecule has 1 saturated heterocycles. The van der Waals surface area contributed by atoms with Gasteiger partial charge in [-0.1, -0.05) is 26.7 Å². The molecular weight excluding hydrogens is 354 g/mol. The molecule has 158 valence electrons. The van der Waals surface area contributed by atoms with E-state index in [1.54, 1.807) is 6.92 Å². The summed E-state index contributed by atoms with van der Waals surface area (Å²) in [7, 11) is 0. The van der Waals surface area contributed by atoms with Gasteiger partial charge in [0.2, 0.25) is 5.91 Å². The van der Waals surface area contributed by atoms with Crippen molar-refractivity contribution in [3.8, 4) is 0 Å². The highest BCUT2D eigenvalue weighted by molar-refractivity contribution is 5.77. The molecule has 2 rings (SSSR count). The Kier molecular flexibility index (Phi) is 7.70. The molecule has 0 aliphatic carbocycles. The number of rotatable bonds is 8. The van der Waals surface area contributed by atoms with Crippen molar-refractivity contribution in [2.75, 3.05) is 0 Å². The third-order valence-electron chi connectivity index (χ3n) is 5.55. The van der Waals surface area contributed by atoms with E-state index < -0.39 is 5.60 Å². The first-order chi connectivity index (χ1) is 13.1. The minimum atomic E-state index is -0.521. The number of esters is 1. The van der Waals surface area contributed by atoms with Gasteiger partial charge in [-0.3, -0.25) is 14.9 Å². The largest absolute Gasteiger partial charge is 0.459 e. The maximum Gasteiger partial charge on any atom is 0.323 e. The summed E-state index contributed by atoms with van der Waals surface area (Å²) >= 11 is 0. The van der Waals surface area contributed by atoms with Crippen molar-refractivity contribution >= 4 is 11.9 Å². The van der Waals surface area contributed by atoms with Crippen molar-refractivity contribution in [1.82, 2.24) is 15.2 Å². The van der Waals surface area contributed by atoms with Gasteiger partial charge in [-0.15, -0.1) is 0 Å². The summed E-state index contributed by atoms with van der Waals surface area (Å²) in [6.07, 6.45) is 7.74. The Morgan fingerprint density at radius 1 is 1.21 bits per heavy atom. The number of nitrogens with zero attached hydrogens (tertiary/aromatic N) is 1. The quantitative estimate of drug-likeness (QED) is 0.666. The maximum atomic E-state index is 12.7. The summed E-state index contributed by atoms with van der Waals surface area (Å²) in [6, 6.07) is 3.61. The number of hydrogen-bond acceptors (Lipinski definition) is 4. The number of carbonyl (C=O) groups excluding carboxylic acids is 2. The number of amides is 1. The second-order valence-corrected chi connectivity index (χ2v) is 8.94. The minimum absolute atomic E-state index is 0.0329. The summed E-state index contributed by atoms with van der Waals surface area (Å²) in [6.45, 7) is 11.6. The van der Waals surface area contributed by atoms with Gasteiger partial charge in [0.1, 0.15) is 11.6 Å². The fourth-order valence-corrected chi connectivity index (χ4v) is 4.13. The number of hydrogen-bond donors (Lipinski definition) is 2. The lowest BCUT2D eigenvalue weighted by Crippen LogP contribution is -2.52. The normalized spacial score (nSPS) is 23.6. The molecule has 1 aromatic heterocycles. The minimum Gasteiger partial charge on any atom is -0.459 e. The maximum absolute atomic E-state index is 12.7. The van der Waals surface area contributed by atoms with Crippen molar-refractivity contribution in [3.63, 3.8) is 0 Å². The van der Waals surface area contributed by atoms with E-state index in [2.05, 4.69) is 29.0 Å². The SMILES string of the molecule is CCC(CC)C[C@H](NC(C)=O)[C@@H]1NC(C(=O)OC(C)(C)C)C[C@H]1n1cccc1. The molecule has 0 saturated carbocycles. The molecule has 28 heavy (non-hydrogen) atoms. The highest BCUT2D eigenvalue weighted by atomic mass is 16.6. The van der Waals surface area contributed by atoms with Crippen LogP contribution >= 0.6 is 0 Å². The molecule has 2 N–H and O–H groups in total. The first-order valence-electron chi connectivity index (χ1n) is 10.5. The Bertz CT molecular complexity index is 632. The summed E-state index contributed by atoms with van der Waals surface area (Å²) in [5.41, 5.74) is -0.521. The fourth-order valence-electron chi connectivity index (χ4n) is 4.13. The monoisotopic (exact) mass is 391 g/mol. The third kappa shape index (κ3) is 6.09. The van der Waals surface area contributed by atoms with Crippen LogP contribution < -0.4 is 10.6 Å². The summed E-state index contributed by atoms with van der Waals surface area (Å²) in [5, 5.41) is 6.65. The van der Waals surface area contributed by atoms with Crippen molar-refractivity contribution < 1.29 is 14.3 Å². The van der Waals surface area contributed by atoms with E-state index in [1.165, 1.54) is 0 Å². The molecule has 0 bridgehead atoms. The van der Waals surface area contributed by atoms with Gasteiger partial charge < -0.3 is 14.6 Å². The number of ether oxygens (including phenoxy) is 1. The van der Waals surface area contributed by atoms with Crippen molar-refractivity contribution in [2.45, 2.75) is 97.0 Å². The molecule has 6 nitrogen and oxygen atoms in total. The van der Waals surface area contributed by atoms with Gasteiger partial charge in [0, 0.05) is 31.4 Å². The average molecular weight is 392 g/mol. The molecule has 0 radical (unpaired) electrons. The van der Waals surface area contributed by atoms with Crippen LogP contribution in [-0.4, -0.2) is 40.2 Å². The topological polar surface area (TPSA) is 72.4 Å². The van der Waals surface area contributed by atoms with Crippen molar-refractivity contribution in [3.05, 3.63) is 24.5 Å². The van der Waals surface area contributed by atoms with E-state index in [0.29, 0.717) is 12.3 Å². The summed E-state index contributed by atoms with van der Waals surface area (Å²) in [4.78, 5) is 24.6. The van der Waals surface area contributed by atoms with Gasteiger partial charge in [-0.25, -0.2) is 0 Å². The molecule has 0 aromatic carbocycles. The van der Waals surface area contributed by atoms with Crippen LogP contribution in [-0.2, 0) is 14.3 Å². The van der Waals surface area contributed by atoms with E-state index >= 15 is 0 Å². The molecule has 1 amide bonds. The van der Waals surface area contributed by atoms with E-state index in [1.807, 2.05) is 45.3 Å². The van der Waals surface area contributed by atoms with Gasteiger partial charge in [-0.05, 0) is 51.7 Å². The van der Waals surface area contributed by atoms with Gasteiger partial charge >= 0.3 is 5.97 Å². The Morgan fingerprint density at radius 3 is 2.32 bits per heavy atom. The number of nitrogens with one attached hydrogen (secondary N) is 2. The molecule has 1 aliphatic rings. The zero-order valence-electron chi connectivity index (χ0n) is 18.2. The summed E-state index contributed by atoms with van der Waals surface area (Å²) in [5.74, 6) is 0.269. The molecule has 0 spiro atoms. The predicted molar refractivity (Wildman–Crippen MR) is 111 cm³/mol. The zero-order valence-corrected chi connectivity index (χ0v) is 18.2. The van der Waals surface area contributed by atoms with Crippen LogP contribution in [0.3, 0.4) is 0 Å². The predicted octanol–water partition coefficient (Wildman–Crippen LogP) is 3.43. The fraction of sp³-hybridized carbons (Fsp3) is 0.727. The third-order valence-corrected chi connectivity index (χ3v) is 5.55. The lowest BCUT2D eigenvalue weighted by molar-refractivity contribution is -0.157. The Morgan fingerprint density at radius 2 is 1.82 bits per heavy atom. The molecule has 1 aliphatic heterocycles. The second-order valence-electron chi connectivity index (χ2n) is 8.94. The Balaban J connectivity index is 2.26. The Hall–Kier alpha value is -1.82. The van der Waals surface area contributed by atoms with Crippen LogP contribution in [0.15, 0.2) is 24.5 Å². The number of carbonyl (C=O) groups is 2. The highest BCUT2D eigenvalue weighted by Gasteiger charge is 2.43. The molecule has 2 heterocycles. The van der Waals surface area contributed by atoms with Crippen LogP contribution in [0.2, 0.25) is 0 Å². The van der Waals surface area contributed by atoms with Crippen LogP contribution in [0, 0.1) is 5.92 Å². The second kappa shape index (κ2) is 9.59. The van der Waals surface area contributed by atoms with Crippen LogP contribution in [0.1, 0.15) is 73.3 Å². The van der Waals surface area contributed by atoms with Crippen molar-refractivity contribution in [2.24, 2.45) is 5.92 Å². The van der Waals surface area contributed by atoms with Gasteiger partial charge in [0.05, 0.1) is 6.04 Å². The standard InChI is InChI=1S/C22H37N3O3/c1-7-16(8-2)13-17(23-15(3)26)20-19(25-11-9-10-12-25)14-18(24-20)21(27)28-22(4,5)6/h9-12,16-20,24H,7-8,13-14H2,1-6H3,(H,23,26)/t17-,18?,19+,20-/m0/s1. The van der Waals surface area contributed by atoms with Crippen molar-refractivity contribution in [1.29, 1.82) is 0 Å². The van der Waals surface area contributed by atoms with Crippen LogP contribution in [0.4, 0.5) is 0 Å². The first-order valence-corrected chi connectivity index (χ1v) is 10.5. The Labute approximate surface area is 169 Å². The summed E-state index contributed by atoms with van der Waals surface area (Å²) < 4.78 is 7.76. The zero-order chi connectivity index (χ0) is 20.9. The lowest BCUT2D eigenvalue weighted by atomic mass is 9.89. The lowest BCUT2D eigenvalue weighted by Gasteiger charge is -2.32. The molecule has 1 aromatic rings. The van der Waals surface area contributed by atoms with Gasteiger partial charge in [-0.2, -0.15) is 0 Å². The highest BCUT2D eigenvalue weighted by Crippen LogP contribution is 2.32. The van der Waals surface area contributed by atoms with E-state index in [4.69, 9.17) is 4.74 Å². The number of aromatic nitrogens is 1. The molecule has 1 unspecified atom stereocenters. The average Bonchev–Trinajstić information content (AvgIpc) is 3.25. The molecule has 4 atom stereocenters. The molecular formula is C22H37N3O3. The van der Waals surface area contributed by atoms with Gasteiger partial charge in [0.15, 0.2) is 0 Å². The van der Waals surface area contributed by atoms with E-state index in [0.717, 1.165) is 19.3 Å². The molecule has 1 fully saturated rings. The first kappa shape index (κ1) is 22.5. The van der Waals surface area contributed by atoms with Gasteiger partial charge in [0.25, 0.3) is 0 Å².